The van der Waals surface area contributed by atoms with E-state index >= 15 is 0 Å². The number of carbonyl (C=O) groups is 2. The Morgan fingerprint density at radius 1 is 1.40 bits per heavy atom. The Bertz CT molecular complexity index is 748. The van der Waals surface area contributed by atoms with E-state index in [-0.39, 0.29) is 29.8 Å². The van der Waals surface area contributed by atoms with Gasteiger partial charge in [-0.1, -0.05) is 12.1 Å². The van der Waals surface area contributed by atoms with E-state index in [2.05, 4.69) is 15.6 Å². The van der Waals surface area contributed by atoms with Crippen molar-refractivity contribution >= 4 is 29.1 Å². The third-order valence-corrected chi connectivity index (χ3v) is 4.09. The molecule has 7 nitrogen and oxygen atoms in total. The van der Waals surface area contributed by atoms with Crippen LogP contribution in [0.4, 0.5) is 11.4 Å². The largest absolute Gasteiger partial charge is 0.462 e. The third kappa shape index (κ3) is 3.71. The molecule has 3 rings (SSSR count). The Labute approximate surface area is 146 Å². The van der Waals surface area contributed by atoms with Crippen LogP contribution >= 0.6 is 0 Å². The van der Waals surface area contributed by atoms with Gasteiger partial charge in [-0.2, -0.15) is 0 Å². The number of ether oxygens (including phenoxy) is 2. The zero-order valence-corrected chi connectivity index (χ0v) is 14.3. The Morgan fingerprint density at radius 3 is 2.92 bits per heavy atom. The molecule has 2 aliphatic heterocycles. The summed E-state index contributed by atoms with van der Waals surface area (Å²) in [6.45, 7) is 4.67. The summed E-state index contributed by atoms with van der Waals surface area (Å²) in [5.41, 5.74) is 2.20. The lowest BCUT2D eigenvalue weighted by atomic mass is 10.1. The van der Waals surface area contributed by atoms with Crippen LogP contribution in [0.1, 0.15) is 20.3 Å². The molecular weight excluding hydrogens is 322 g/mol. The molecule has 1 aromatic carbocycles. The molecular formula is C18H21N3O4. The van der Waals surface area contributed by atoms with Gasteiger partial charge < -0.3 is 20.1 Å². The molecule has 0 saturated carbocycles. The summed E-state index contributed by atoms with van der Waals surface area (Å²) in [5.74, 6) is -0.768. The number of esters is 1. The number of aliphatic imine (C=N–C) groups is 1. The Morgan fingerprint density at radius 2 is 2.20 bits per heavy atom. The van der Waals surface area contributed by atoms with E-state index in [1.165, 1.54) is 0 Å². The van der Waals surface area contributed by atoms with Gasteiger partial charge >= 0.3 is 5.97 Å². The SMILES string of the molecule is CCOC(=O)C1=C(C)Nc2ccccc2N=C1NC(=O)[C@@H]1CCOC1. The third-order valence-electron chi connectivity index (χ3n) is 4.09. The molecule has 2 N–H and O–H groups in total. The number of allylic oxidation sites excluding steroid dienone is 1. The van der Waals surface area contributed by atoms with Crippen molar-refractivity contribution in [3.05, 3.63) is 35.5 Å². The molecule has 1 atom stereocenters. The maximum Gasteiger partial charge on any atom is 0.343 e. The number of amides is 1. The summed E-state index contributed by atoms with van der Waals surface area (Å²) in [6.07, 6.45) is 0.658. The first-order valence-corrected chi connectivity index (χ1v) is 8.32. The van der Waals surface area contributed by atoms with Gasteiger partial charge in [-0.25, -0.2) is 9.79 Å². The van der Waals surface area contributed by atoms with E-state index < -0.39 is 5.97 Å². The average molecular weight is 343 g/mol. The molecule has 1 aromatic rings. The molecule has 25 heavy (non-hydrogen) atoms. The van der Waals surface area contributed by atoms with Crippen LogP contribution in [0.3, 0.4) is 0 Å². The summed E-state index contributed by atoms with van der Waals surface area (Å²) in [7, 11) is 0. The molecule has 0 bridgehead atoms. The highest BCUT2D eigenvalue weighted by Crippen LogP contribution is 2.30. The van der Waals surface area contributed by atoms with Crippen molar-refractivity contribution in [2.75, 3.05) is 25.1 Å². The molecule has 132 valence electrons. The van der Waals surface area contributed by atoms with Crippen molar-refractivity contribution in [3.63, 3.8) is 0 Å². The molecule has 0 unspecified atom stereocenters. The molecule has 1 fully saturated rings. The number of hydrogen-bond acceptors (Lipinski definition) is 6. The van der Waals surface area contributed by atoms with E-state index in [1.54, 1.807) is 13.8 Å². The molecule has 1 amide bonds. The number of nitrogens with zero attached hydrogens (tertiary/aromatic N) is 1. The maximum atomic E-state index is 12.5. The molecule has 7 heteroatoms. The number of hydrogen-bond donors (Lipinski definition) is 2. The average Bonchev–Trinajstić information content (AvgIpc) is 3.07. The molecule has 2 aliphatic rings. The number of para-hydroxylation sites is 2. The van der Waals surface area contributed by atoms with E-state index in [9.17, 15) is 9.59 Å². The number of benzene rings is 1. The Kier molecular flexibility index (Phi) is 5.14. The van der Waals surface area contributed by atoms with E-state index in [1.807, 2.05) is 24.3 Å². The minimum atomic E-state index is -0.526. The molecule has 0 spiro atoms. The predicted molar refractivity (Wildman–Crippen MR) is 93.6 cm³/mol. The number of amidine groups is 1. The smallest absolute Gasteiger partial charge is 0.343 e. The number of carbonyl (C=O) groups excluding carboxylic acids is 2. The normalized spacial score (nSPS) is 19.4. The summed E-state index contributed by atoms with van der Waals surface area (Å²) in [6, 6.07) is 7.40. The second kappa shape index (κ2) is 7.48. The number of anilines is 1. The predicted octanol–water partition coefficient (Wildman–Crippen LogP) is 2.13. The van der Waals surface area contributed by atoms with Gasteiger partial charge in [0.15, 0.2) is 0 Å². The monoisotopic (exact) mass is 343 g/mol. The topological polar surface area (TPSA) is 89.0 Å². The van der Waals surface area contributed by atoms with Crippen molar-refractivity contribution in [1.82, 2.24) is 5.32 Å². The van der Waals surface area contributed by atoms with Crippen molar-refractivity contribution in [2.24, 2.45) is 10.9 Å². The lowest BCUT2D eigenvalue weighted by Gasteiger charge is -2.15. The van der Waals surface area contributed by atoms with Crippen molar-refractivity contribution in [1.29, 1.82) is 0 Å². The zero-order chi connectivity index (χ0) is 17.8. The standard InChI is InChI=1S/C18H21N3O4/c1-3-25-18(23)15-11(2)19-13-6-4-5-7-14(13)20-16(15)21-17(22)12-8-9-24-10-12/h4-7,12,19H,3,8-10H2,1-2H3,(H,20,21,22)/t12-/m1/s1. The van der Waals surface area contributed by atoms with E-state index in [0.29, 0.717) is 31.0 Å². The minimum Gasteiger partial charge on any atom is -0.462 e. The first kappa shape index (κ1) is 17.2. The zero-order valence-electron chi connectivity index (χ0n) is 14.3. The fourth-order valence-corrected chi connectivity index (χ4v) is 2.80. The minimum absolute atomic E-state index is 0.199. The van der Waals surface area contributed by atoms with Crippen LogP contribution in [-0.4, -0.2) is 37.5 Å². The van der Waals surface area contributed by atoms with Crippen LogP contribution < -0.4 is 10.6 Å². The second-order valence-electron chi connectivity index (χ2n) is 5.87. The van der Waals surface area contributed by atoms with Gasteiger partial charge in [0.1, 0.15) is 11.4 Å². The van der Waals surface area contributed by atoms with Crippen LogP contribution in [0.2, 0.25) is 0 Å². The number of nitrogens with one attached hydrogen (secondary N) is 2. The van der Waals surface area contributed by atoms with Crippen LogP contribution in [0.5, 0.6) is 0 Å². The highest BCUT2D eigenvalue weighted by molar-refractivity contribution is 6.24. The molecule has 1 saturated heterocycles. The van der Waals surface area contributed by atoms with Gasteiger partial charge in [0.25, 0.3) is 0 Å². The van der Waals surface area contributed by atoms with Gasteiger partial charge in [-0.15, -0.1) is 0 Å². The van der Waals surface area contributed by atoms with E-state index in [4.69, 9.17) is 9.47 Å². The molecule has 2 heterocycles. The molecule has 0 aromatic heterocycles. The highest BCUT2D eigenvalue weighted by atomic mass is 16.5. The first-order chi connectivity index (χ1) is 12.1. The highest BCUT2D eigenvalue weighted by Gasteiger charge is 2.29. The van der Waals surface area contributed by atoms with Gasteiger partial charge in [0.05, 0.1) is 30.5 Å². The van der Waals surface area contributed by atoms with Crippen molar-refractivity contribution in [2.45, 2.75) is 20.3 Å². The maximum absolute atomic E-state index is 12.5. The molecule has 0 radical (unpaired) electrons. The second-order valence-corrected chi connectivity index (χ2v) is 5.87. The first-order valence-electron chi connectivity index (χ1n) is 8.32. The van der Waals surface area contributed by atoms with Gasteiger partial charge in [-0.05, 0) is 32.4 Å². The Hall–Kier alpha value is -2.67. The van der Waals surface area contributed by atoms with Gasteiger partial charge in [0.2, 0.25) is 5.91 Å². The fourth-order valence-electron chi connectivity index (χ4n) is 2.80. The Balaban J connectivity index is 1.98. The molecule has 0 aliphatic carbocycles. The van der Waals surface area contributed by atoms with Crippen molar-refractivity contribution < 1.29 is 19.1 Å². The summed E-state index contributed by atoms with van der Waals surface area (Å²) >= 11 is 0. The summed E-state index contributed by atoms with van der Waals surface area (Å²) in [5, 5.41) is 5.97. The van der Waals surface area contributed by atoms with Gasteiger partial charge in [0, 0.05) is 12.3 Å². The summed E-state index contributed by atoms with van der Waals surface area (Å²) in [4.78, 5) is 29.5. The van der Waals surface area contributed by atoms with Gasteiger partial charge in [-0.3, -0.25) is 4.79 Å². The lowest BCUT2D eigenvalue weighted by Crippen LogP contribution is -2.39. The van der Waals surface area contributed by atoms with Crippen molar-refractivity contribution in [3.8, 4) is 0 Å². The number of fused-ring (bicyclic) bond motifs is 1. The van der Waals surface area contributed by atoms with Crippen LogP contribution in [0.25, 0.3) is 0 Å². The van der Waals surface area contributed by atoms with Crippen LogP contribution in [-0.2, 0) is 19.1 Å². The number of rotatable bonds is 3. The van der Waals surface area contributed by atoms with E-state index in [0.717, 1.165) is 5.69 Å². The lowest BCUT2D eigenvalue weighted by molar-refractivity contribution is -0.137. The van der Waals surface area contributed by atoms with Crippen LogP contribution in [0, 0.1) is 5.92 Å². The summed E-state index contributed by atoms with van der Waals surface area (Å²) < 4.78 is 10.4. The van der Waals surface area contributed by atoms with Crippen LogP contribution in [0.15, 0.2) is 40.5 Å². The fraction of sp³-hybridized carbons (Fsp3) is 0.389. The quantitative estimate of drug-likeness (QED) is 0.821.